The van der Waals surface area contributed by atoms with Crippen LogP contribution in [0.25, 0.3) is 27.5 Å². The van der Waals surface area contributed by atoms with Crippen LogP contribution < -0.4 is 0 Å². The molecule has 0 spiro atoms. The molecule has 3 nitrogen and oxygen atoms in total. The van der Waals surface area contributed by atoms with Crippen LogP contribution in [0, 0.1) is 5.82 Å². The molecule has 3 aromatic heterocycles. The molecule has 0 aliphatic heterocycles. The third-order valence-corrected chi connectivity index (χ3v) is 4.90. The molecule has 5 aromatic rings. The van der Waals surface area contributed by atoms with Crippen molar-refractivity contribution in [2.75, 3.05) is 0 Å². The Balaban J connectivity index is 1.84. The highest BCUT2D eigenvalue weighted by Gasteiger charge is 2.34. The summed E-state index contributed by atoms with van der Waals surface area (Å²) in [5, 5.41) is 1.75. The predicted molar refractivity (Wildman–Crippen MR) is 98.7 cm³/mol. The molecule has 7 heteroatoms. The van der Waals surface area contributed by atoms with Gasteiger partial charge in [0, 0.05) is 35.2 Å². The number of benzene rings is 2. The van der Waals surface area contributed by atoms with Crippen molar-refractivity contribution in [3.8, 4) is 0 Å². The highest BCUT2D eigenvalue weighted by atomic mass is 19.4. The minimum atomic E-state index is -4.52. The minimum Gasteiger partial charge on any atom is -0.333 e. The number of rotatable bonds is 2. The van der Waals surface area contributed by atoms with Crippen molar-refractivity contribution in [3.63, 3.8) is 0 Å². The Labute approximate surface area is 156 Å². The van der Waals surface area contributed by atoms with Gasteiger partial charge in [0.05, 0.1) is 5.52 Å². The smallest absolute Gasteiger partial charge is 0.333 e. The fourth-order valence-electron chi connectivity index (χ4n) is 3.65. The number of nitrogens with zero attached hydrogens (tertiary/aromatic N) is 3. The van der Waals surface area contributed by atoms with E-state index < -0.39 is 11.9 Å². The molecule has 0 unspecified atom stereocenters. The van der Waals surface area contributed by atoms with E-state index >= 15 is 0 Å². The second-order valence-corrected chi connectivity index (χ2v) is 6.66. The maximum Gasteiger partial charge on any atom is 0.434 e. The summed E-state index contributed by atoms with van der Waals surface area (Å²) in [6.45, 7) is 0.387. The topological polar surface area (TPSA) is 22.2 Å². The van der Waals surface area contributed by atoms with Crippen LogP contribution in [0.2, 0.25) is 0 Å². The van der Waals surface area contributed by atoms with E-state index in [2.05, 4.69) is 4.98 Å². The Morgan fingerprint density at radius 2 is 1.64 bits per heavy atom. The van der Waals surface area contributed by atoms with Crippen molar-refractivity contribution in [3.05, 3.63) is 84.1 Å². The minimum absolute atomic E-state index is 0.239. The summed E-state index contributed by atoms with van der Waals surface area (Å²) in [5.41, 5.74) is 1.64. The molecule has 0 aliphatic carbocycles. The zero-order chi connectivity index (χ0) is 19.5. The molecule has 3 heterocycles. The highest BCUT2D eigenvalue weighted by Crippen LogP contribution is 2.34. The molecule has 0 bridgehead atoms. The molecule has 0 N–H and O–H groups in total. The first-order chi connectivity index (χ1) is 13.4. The molecule has 140 valence electrons. The van der Waals surface area contributed by atoms with Crippen LogP contribution in [-0.4, -0.2) is 14.0 Å². The van der Waals surface area contributed by atoms with E-state index in [-0.39, 0.29) is 11.5 Å². The summed E-state index contributed by atoms with van der Waals surface area (Å²) in [7, 11) is 0. The second kappa shape index (κ2) is 5.82. The van der Waals surface area contributed by atoms with E-state index in [1.54, 1.807) is 24.4 Å². The van der Waals surface area contributed by atoms with Crippen molar-refractivity contribution in [1.29, 1.82) is 0 Å². The third-order valence-electron chi connectivity index (χ3n) is 4.90. The van der Waals surface area contributed by atoms with E-state index in [4.69, 9.17) is 0 Å². The molecule has 5 rings (SSSR count). The fourth-order valence-corrected chi connectivity index (χ4v) is 3.65. The third kappa shape index (κ3) is 2.54. The quantitative estimate of drug-likeness (QED) is 0.361. The van der Waals surface area contributed by atoms with Gasteiger partial charge in [0.15, 0.2) is 11.3 Å². The Bertz CT molecular complexity index is 1330. The van der Waals surface area contributed by atoms with E-state index in [9.17, 15) is 17.6 Å². The molecule has 0 radical (unpaired) electrons. The zero-order valence-corrected chi connectivity index (χ0v) is 14.4. The molecule has 0 amide bonds. The lowest BCUT2D eigenvalue weighted by Gasteiger charge is -2.08. The average Bonchev–Trinajstić information content (AvgIpc) is 3.24. The van der Waals surface area contributed by atoms with Crippen LogP contribution in [0.4, 0.5) is 17.6 Å². The van der Waals surface area contributed by atoms with Gasteiger partial charge in [0.25, 0.3) is 0 Å². The summed E-state index contributed by atoms with van der Waals surface area (Å²) in [6.07, 6.45) is -1.94. The van der Waals surface area contributed by atoms with Crippen molar-refractivity contribution in [2.45, 2.75) is 12.7 Å². The normalized spacial score (nSPS) is 12.4. The first-order valence-corrected chi connectivity index (χ1v) is 8.62. The van der Waals surface area contributed by atoms with Gasteiger partial charge in [-0.05, 0) is 29.8 Å². The lowest BCUT2D eigenvalue weighted by atomic mass is 10.2. The number of alkyl halides is 3. The SMILES string of the molecule is Fc1ccc(Cn2c3ccccc3c3ccn4cc(C(F)(F)F)nc4c32)cc1. The number of para-hydroxylation sites is 1. The highest BCUT2D eigenvalue weighted by molar-refractivity contribution is 6.12. The van der Waals surface area contributed by atoms with Crippen molar-refractivity contribution < 1.29 is 17.6 Å². The van der Waals surface area contributed by atoms with Gasteiger partial charge in [-0.25, -0.2) is 9.37 Å². The second-order valence-electron chi connectivity index (χ2n) is 6.66. The maximum atomic E-state index is 13.3. The number of hydrogen-bond acceptors (Lipinski definition) is 1. The van der Waals surface area contributed by atoms with Crippen molar-refractivity contribution >= 4 is 27.5 Å². The monoisotopic (exact) mass is 383 g/mol. The molecule has 0 saturated heterocycles. The van der Waals surface area contributed by atoms with Crippen molar-refractivity contribution in [1.82, 2.24) is 14.0 Å². The van der Waals surface area contributed by atoms with Gasteiger partial charge < -0.3 is 8.97 Å². The lowest BCUT2D eigenvalue weighted by molar-refractivity contribution is -0.140. The molecular weight excluding hydrogens is 370 g/mol. The van der Waals surface area contributed by atoms with Crippen LogP contribution in [0.5, 0.6) is 0 Å². The number of pyridine rings is 1. The van der Waals surface area contributed by atoms with Gasteiger partial charge in [-0.2, -0.15) is 13.2 Å². The van der Waals surface area contributed by atoms with E-state index in [0.29, 0.717) is 12.1 Å². The molecule has 0 atom stereocenters. The maximum absolute atomic E-state index is 13.3. The van der Waals surface area contributed by atoms with E-state index in [1.165, 1.54) is 16.5 Å². The van der Waals surface area contributed by atoms with Gasteiger partial charge in [0.2, 0.25) is 0 Å². The van der Waals surface area contributed by atoms with Gasteiger partial charge >= 0.3 is 6.18 Å². The number of fused-ring (bicyclic) bond motifs is 5. The molecular formula is C21H13F4N3. The van der Waals surface area contributed by atoms with Crippen LogP contribution in [0.1, 0.15) is 11.3 Å². The van der Waals surface area contributed by atoms with Crippen LogP contribution in [0.15, 0.2) is 67.0 Å². The summed E-state index contributed by atoms with van der Waals surface area (Å²) in [6, 6.07) is 15.5. The lowest BCUT2D eigenvalue weighted by Crippen LogP contribution is -2.04. The Hall–Kier alpha value is -3.35. The summed E-state index contributed by atoms with van der Waals surface area (Å²) < 4.78 is 56.2. The van der Waals surface area contributed by atoms with Gasteiger partial charge in [0.1, 0.15) is 5.82 Å². The number of imidazole rings is 1. The van der Waals surface area contributed by atoms with Gasteiger partial charge in [-0.3, -0.25) is 0 Å². The summed E-state index contributed by atoms with van der Waals surface area (Å²) in [5.74, 6) is -0.337. The summed E-state index contributed by atoms with van der Waals surface area (Å²) in [4.78, 5) is 3.88. The Morgan fingerprint density at radius 3 is 2.39 bits per heavy atom. The van der Waals surface area contributed by atoms with Crippen LogP contribution in [-0.2, 0) is 12.7 Å². The summed E-state index contributed by atoms with van der Waals surface area (Å²) >= 11 is 0. The Kier molecular flexibility index (Phi) is 3.49. The number of hydrogen-bond donors (Lipinski definition) is 0. The van der Waals surface area contributed by atoms with Crippen LogP contribution >= 0.6 is 0 Å². The van der Waals surface area contributed by atoms with E-state index in [1.807, 2.05) is 28.8 Å². The Morgan fingerprint density at radius 1 is 0.893 bits per heavy atom. The van der Waals surface area contributed by atoms with Crippen molar-refractivity contribution in [2.24, 2.45) is 0 Å². The molecule has 0 saturated carbocycles. The largest absolute Gasteiger partial charge is 0.434 e. The standard InChI is InChI=1S/C21H13F4N3/c22-14-7-5-13(6-8-14)11-28-17-4-2-1-3-15(17)16-9-10-27-12-18(21(23,24)25)26-20(27)19(16)28/h1-10,12H,11H2. The average molecular weight is 383 g/mol. The molecule has 2 aromatic carbocycles. The van der Waals surface area contributed by atoms with E-state index in [0.717, 1.165) is 28.0 Å². The van der Waals surface area contributed by atoms with Crippen LogP contribution in [0.3, 0.4) is 0 Å². The molecule has 28 heavy (non-hydrogen) atoms. The first kappa shape index (κ1) is 16.8. The molecule has 0 fully saturated rings. The van der Waals surface area contributed by atoms with Gasteiger partial charge in [-0.1, -0.05) is 30.3 Å². The molecule has 0 aliphatic rings. The number of halogens is 4. The first-order valence-electron chi connectivity index (χ1n) is 8.62. The zero-order valence-electron chi connectivity index (χ0n) is 14.4. The van der Waals surface area contributed by atoms with Gasteiger partial charge in [-0.15, -0.1) is 0 Å². The fraction of sp³-hybridized carbons (Fsp3) is 0.0952. The number of aromatic nitrogens is 3. The predicted octanol–water partition coefficient (Wildman–Crippen LogP) is 5.65.